The van der Waals surface area contributed by atoms with Crippen molar-refractivity contribution in [3.8, 4) is 0 Å². The van der Waals surface area contributed by atoms with Gasteiger partial charge < -0.3 is 152 Å². The number of aldehydes is 2. The Labute approximate surface area is 416 Å². The molecule has 2 rings (SSSR count). The van der Waals surface area contributed by atoms with E-state index in [1.54, 1.807) is 27.7 Å². The van der Waals surface area contributed by atoms with Gasteiger partial charge in [-0.15, -0.1) is 0 Å². The zero-order valence-corrected chi connectivity index (χ0v) is 41.1. The minimum absolute atomic E-state index is 0.107. The van der Waals surface area contributed by atoms with E-state index >= 15 is 0 Å². The molecule has 2 saturated heterocycles. The number of carbonyl (C=O) groups is 2. The highest BCUT2D eigenvalue weighted by Crippen LogP contribution is 2.24. The average Bonchev–Trinajstić information content (AvgIpc) is 3.40. The minimum Gasteiger partial charge on any atom is -0.394 e. The first-order valence-corrected chi connectivity index (χ1v) is 22.9. The van der Waals surface area contributed by atoms with Crippen molar-refractivity contribution in [2.75, 3.05) is 33.0 Å². The van der Waals surface area contributed by atoms with Gasteiger partial charge in [0.2, 0.25) is 0 Å². The fourth-order valence-corrected chi connectivity index (χ4v) is 5.75. The van der Waals surface area contributed by atoms with E-state index in [1.807, 2.05) is 0 Å². The van der Waals surface area contributed by atoms with E-state index < -0.39 is 179 Å². The predicted octanol–water partition coefficient (Wildman–Crippen LogP) is -12.3. The zero-order chi connectivity index (χ0) is 57.5. The number of aliphatic hydroxyl groups excluding tert-OH is 26. The summed E-state index contributed by atoms with van der Waals surface area (Å²) in [6.07, 6.45) is -27.9. The molecule has 26 unspecified atom stereocenters. The SMILES string of the molecule is CC(C(O)CO)C(O)C(O)C=O.CC(C(O)CO)C(O)C(O)CO.CC1C(CO)OC(O)C(O)C1O.CCC(O)C(O)C(O)C(O)C=O.CCC(O)C(O)C(O)C(O)CO.CCC1OC(O)C(O)C(O)C1O. The lowest BCUT2D eigenvalue weighted by atomic mass is 9.91. The first kappa shape index (κ1) is 76.7. The lowest BCUT2D eigenvalue weighted by molar-refractivity contribution is -0.281. The summed E-state index contributed by atoms with van der Waals surface area (Å²) in [7, 11) is 0. The van der Waals surface area contributed by atoms with Crippen molar-refractivity contribution in [1.29, 1.82) is 0 Å². The molecule has 2 aliphatic heterocycles. The van der Waals surface area contributed by atoms with Gasteiger partial charge in [0.05, 0.1) is 88.0 Å². The normalized spacial score (nSPS) is 30.6. The predicted molar refractivity (Wildman–Crippen MR) is 242 cm³/mol. The maximum Gasteiger partial charge on any atom is 0.183 e. The van der Waals surface area contributed by atoms with Gasteiger partial charge in [0, 0.05) is 17.8 Å². The minimum atomic E-state index is -1.65. The number of carbonyl (C=O) groups excluding carboxylic acids is 2. The second-order valence-electron chi connectivity index (χ2n) is 16.9. The quantitative estimate of drug-likeness (QED) is 0.0448. The highest BCUT2D eigenvalue weighted by Gasteiger charge is 2.42. The molecule has 0 amide bonds. The van der Waals surface area contributed by atoms with Crippen molar-refractivity contribution in [2.45, 2.75) is 202 Å². The van der Waals surface area contributed by atoms with Crippen LogP contribution in [0.25, 0.3) is 0 Å². The lowest BCUT2D eigenvalue weighted by Crippen LogP contribution is -2.57. The number of hydrogen-bond acceptors (Lipinski definition) is 30. The smallest absolute Gasteiger partial charge is 0.183 e. The van der Waals surface area contributed by atoms with Gasteiger partial charge in [0.15, 0.2) is 25.2 Å². The summed E-state index contributed by atoms with van der Waals surface area (Å²) >= 11 is 0. The summed E-state index contributed by atoms with van der Waals surface area (Å²) < 4.78 is 9.65. The third kappa shape index (κ3) is 27.3. The molecule has 30 nitrogen and oxygen atoms in total. The van der Waals surface area contributed by atoms with Crippen LogP contribution >= 0.6 is 0 Å². The second-order valence-corrected chi connectivity index (χ2v) is 16.9. The molecule has 30 heteroatoms. The highest BCUT2D eigenvalue weighted by molar-refractivity contribution is 5.57. The van der Waals surface area contributed by atoms with Gasteiger partial charge in [-0.05, 0) is 19.3 Å². The fourth-order valence-electron chi connectivity index (χ4n) is 5.75. The Morgan fingerprint density at radius 1 is 0.403 bits per heavy atom. The summed E-state index contributed by atoms with van der Waals surface area (Å²) in [5, 5.41) is 233. The summed E-state index contributed by atoms with van der Waals surface area (Å²) in [6.45, 7) is 7.06. The van der Waals surface area contributed by atoms with Gasteiger partial charge in [-0.3, -0.25) is 0 Å². The van der Waals surface area contributed by atoms with Gasteiger partial charge in [-0.25, -0.2) is 0 Å². The van der Waals surface area contributed by atoms with Gasteiger partial charge in [-0.2, -0.15) is 0 Å². The molecule has 72 heavy (non-hydrogen) atoms. The Morgan fingerprint density at radius 2 is 0.722 bits per heavy atom. The van der Waals surface area contributed by atoms with E-state index in [9.17, 15) is 30.0 Å². The van der Waals surface area contributed by atoms with E-state index in [1.165, 1.54) is 13.8 Å². The molecule has 26 N–H and O–H groups in total. The molecule has 2 heterocycles. The zero-order valence-electron chi connectivity index (χ0n) is 41.1. The van der Waals surface area contributed by atoms with Gasteiger partial charge >= 0.3 is 0 Å². The molecule has 0 aromatic heterocycles. The van der Waals surface area contributed by atoms with Crippen molar-refractivity contribution in [3.63, 3.8) is 0 Å². The summed E-state index contributed by atoms with van der Waals surface area (Å²) in [5.74, 6) is -1.79. The Morgan fingerprint density at radius 3 is 1.07 bits per heavy atom. The van der Waals surface area contributed by atoms with Crippen LogP contribution in [0, 0.1) is 17.8 Å². The number of rotatable bonds is 22. The molecule has 436 valence electrons. The third-order valence-corrected chi connectivity index (χ3v) is 11.5. The van der Waals surface area contributed by atoms with Crippen LogP contribution in [0.3, 0.4) is 0 Å². The highest BCUT2D eigenvalue weighted by atomic mass is 16.6. The van der Waals surface area contributed by atoms with Gasteiger partial charge in [0.25, 0.3) is 0 Å². The molecule has 0 aromatic rings. The molecular formula is C42H88O30. The number of ether oxygens (including phenoxy) is 2. The molecule has 0 radical (unpaired) electrons. The van der Waals surface area contributed by atoms with Crippen molar-refractivity contribution < 1.29 is 152 Å². The van der Waals surface area contributed by atoms with Crippen LogP contribution in [0.1, 0.15) is 60.8 Å². The van der Waals surface area contributed by atoms with E-state index in [2.05, 4.69) is 0 Å². The van der Waals surface area contributed by atoms with Crippen molar-refractivity contribution in [1.82, 2.24) is 0 Å². The van der Waals surface area contributed by atoms with Crippen molar-refractivity contribution in [2.24, 2.45) is 17.8 Å². The van der Waals surface area contributed by atoms with Gasteiger partial charge in [0.1, 0.15) is 73.2 Å². The molecule has 2 aliphatic rings. The second kappa shape index (κ2) is 41.4. The third-order valence-electron chi connectivity index (χ3n) is 11.5. The monoisotopic (exact) mass is 1070 g/mol. The first-order chi connectivity index (χ1) is 33.3. The fraction of sp³-hybridized carbons (Fsp3) is 0.952. The van der Waals surface area contributed by atoms with Crippen LogP contribution < -0.4 is 0 Å². The Hall–Kier alpha value is -1.78. The Balaban J connectivity index is -0.000000385. The van der Waals surface area contributed by atoms with Crippen LogP contribution in [0.15, 0.2) is 0 Å². The number of hydrogen-bond donors (Lipinski definition) is 26. The molecule has 0 saturated carbocycles. The Bertz CT molecular complexity index is 1160. The number of aliphatic hydroxyl groups is 26. The molecule has 0 aromatic carbocycles. The van der Waals surface area contributed by atoms with E-state index in [0.717, 1.165) is 0 Å². The van der Waals surface area contributed by atoms with Crippen LogP contribution in [-0.4, -0.2) is 319 Å². The molecule has 0 spiro atoms. The lowest BCUT2D eigenvalue weighted by Gasteiger charge is -2.38. The van der Waals surface area contributed by atoms with E-state index in [-0.39, 0.29) is 37.9 Å². The molecule has 26 atom stereocenters. The molecule has 0 bridgehead atoms. The van der Waals surface area contributed by atoms with Gasteiger partial charge in [-0.1, -0.05) is 41.5 Å². The molecule has 0 aliphatic carbocycles. The van der Waals surface area contributed by atoms with Crippen LogP contribution in [0.4, 0.5) is 0 Å². The maximum atomic E-state index is 10.0. The van der Waals surface area contributed by atoms with Crippen LogP contribution in [-0.2, 0) is 19.1 Å². The van der Waals surface area contributed by atoms with E-state index in [4.69, 9.17) is 122 Å². The average molecular weight is 1070 g/mol. The topological polar surface area (TPSA) is 579 Å². The Kier molecular flexibility index (Phi) is 44.1. The molecular weight excluding hydrogens is 984 g/mol. The van der Waals surface area contributed by atoms with Crippen LogP contribution in [0.5, 0.6) is 0 Å². The standard InChI is InChI=1S/2C7H14O5.C7H16O5.C7H14O5.C7H16O5.C7H14O5/c1-3-4(2-8)12-7(11)6(10)5(3)9;1-2-3-4(8)5(9)6(10)7(11)12-3;2*1-4(5(10)2-8)7(12)6(11)3-9;2*1-2-4(9)6(11)7(12)5(10)3-8/h2*3-11H,2H2,1H3;4-12H,2-3H2,1H3;3-8,10-12H,2H2,1H3;4-12H,2-3H2,1H3;3-7,9-12H,2H2,1H3. The largest absolute Gasteiger partial charge is 0.394 e. The summed E-state index contributed by atoms with van der Waals surface area (Å²) in [5.41, 5.74) is 0. The summed E-state index contributed by atoms with van der Waals surface area (Å²) in [4.78, 5) is 20.0. The maximum absolute atomic E-state index is 10.0. The van der Waals surface area contributed by atoms with Crippen LogP contribution in [0.2, 0.25) is 0 Å². The first-order valence-electron chi connectivity index (χ1n) is 22.9. The van der Waals surface area contributed by atoms with Crippen molar-refractivity contribution in [3.05, 3.63) is 0 Å². The molecule has 2 fully saturated rings. The summed E-state index contributed by atoms with van der Waals surface area (Å²) in [6, 6.07) is 0. The van der Waals surface area contributed by atoms with E-state index in [0.29, 0.717) is 6.42 Å². The van der Waals surface area contributed by atoms with Crippen molar-refractivity contribution >= 4 is 12.6 Å².